The standard InChI is InChI=1S/C11H24O7S/c1-3-19(12,13)18-11-10-17-9-8-16-7-6-15-5-4-14-2/h3-11H2,1-2H3. The van der Waals surface area contributed by atoms with E-state index < -0.39 is 10.1 Å². The Kier molecular flexibility index (Phi) is 12.6. The molecule has 0 aliphatic rings. The summed E-state index contributed by atoms with van der Waals surface area (Å²) >= 11 is 0. The second kappa shape index (κ2) is 12.8. The van der Waals surface area contributed by atoms with E-state index in [-0.39, 0.29) is 19.0 Å². The van der Waals surface area contributed by atoms with Crippen LogP contribution in [0.2, 0.25) is 0 Å². The molecule has 0 aromatic heterocycles. The molecule has 0 aromatic carbocycles. The second-order valence-electron chi connectivity index (χ2n) is 3.50. The molecule has 0 spiro atoms. The number of hydrogen-bond donors (Lipinski definition) is 0. The van der Waals surface area contributed by atoms with Crippen molar-refractivity contribution in [1.82, 2.24) is 0 Å². The monoisotopic (exact) mass is 300 g/mol. The summed E-state index contributed by atoms with van der Waals surface area (Å²) in [6.45, 7) is 4.77. The van der Waals surface area contributed by atoms with Crippen LogP contribution in [-0.4, -0.2) is 74.1 Å². The molecule has 0 saturated heterocycles. The maximum atomic E-state index is 11.0. The van der Waals surface area contributed by atoms with Crippen molar-refractivity contribution in [2.75, 3.05) is 65.7 Å². The molecule has 0 aliphatic carbocycles. The first kappa shape index (κ1) is 18.8. The van der Waals surface area contributed by atoms with Gasteiger partial charge in [0, 0.05) is 7.11 Å². The van der Waals surface area contributed by atoms with Gasteiger partial charge < -0.3 is 18.9 Å². The molecule has 0 aliphatic heterocycles. The van der Waals surface area contributed by atoms with Crippen molar-refractivity contribution in [3.63, 3.8) is 0 Å². The van der Waals surface area contributed by atoms with Gasteiger partial charge in [-0.25, -0.2) is 0 Å². The van der Waals surface area contributed by atoms with E-state index in [1.165, 1.54) is 6.92 Å². The van der Waals surface area contributed by atoms with Crippen molar-refractivity contribution >= 4 is 10.1 Å². The van der Waals surface area contributed by atoms with E-state index in [4.69, 9.17) is 18.9 Å². The number of hydrogen-bond acceptors (Lipinski definition) is 7. The SMILES string of the molecule is CCS(=O)(=O)OCCOCCOCCOCCOC. The number of ether oxygens (including phenoxy) is 4. The predicted octanol–water partition coefficient (Wildman–Crippen LogP) is 0.0489. The Hall–Kier alpha value is -0.250. The van der Waals surface area contributed by atoms with E-state index >= 15 is 0 Å². The third-order valence-corrected chi connectivity index (χ3v) is 3.25. The number of rotatable bonds is 14. The lowest BCUT2D eigenvalue weighted by Gasteiger charge is -2.07. The molecule has 116 valence electrons. The fourth-order valence-electron chi connectivity index (χ4n) is 0.987. The molecular weight excluding hydrogens is 276 g/mol. The van der Waals surface area contributed by atoms with Gasteiger partial charge in [-0.2, -0.15) is 8.42 Å². The van der Waals surface area contributed by atoms with Crippen molar-refractivity contribution in [2.45, 2.75) is 6.92 Å². The maximum Gasteiger partial charge on any atom is 0.267 e. The van der Waals surface area contributed by atoms with Crippen molar-refractivity contribution < 1.29 is 31.5 Å². The molecule has 0 bridgehead atoms. The van der Waals surface area contributed by atoms with Gasteiger partial charge in [-0.3, -0.25) is 4.18 Å². The van der Waals surface area contributed by atoms with Gasteiger partial charge in [0.15, 0.2) is 0 Å². The average Bonchev–Trinajstić information content (AvgIpc) is 2.40. The third-order valence-electron chi connectivity index (χ3n) is 2.02. The van der Waals surface area contributed by atoms with Gasteiger partial charge in [-0.1, -0.05) is 0 Å². The first-order valence-corrected chi connectivity index (χ1v) is 7.79. The van der Waals surface area contributed by atoms with Gasteiger partial charge in [0.25, 0.3) is 10.1 Å². The van der Waals surface area contributed by atoms with Crippen LogP contribution >= 0.6 is 0 Å². The smallest absolute Gasteiger partial charge is 0.267 e. The van der Waals surface area contributed by atoms with E-state index in [2.05, 4.69) is 4.18 Å². The quantitative estimate of drug-likeness (QED) is 0.331. The summed E-state index contributed by atoms with van der Waals surface area (Å²) < 4.78 is 46.9. The summed E-state index contributed by atoms with van der Waals surface area (Å²) in [5.74, 6) is -0.0286. The van der Waals surface area contributed by atoms with Gasteiger partial charge in [0.05, 0.1) is 58.6 Å². The second-order valence-corrected chi connectivity index (χ2v) is 5.43. The zero-order valence-electron chi connectivity index (χ0n) is 11.6. The number of methoxy groups -OCH3 is 1. The lowest BCUT2D eigenvalue weighted by atomic mass is 10.7. The van der Waals surface area contributed by atoms with E-state index in [0.717, 1.165) is 0 Å². The Balaban J connectivity index is 3.11. The van der Waals surface area contributed by atoms with Crippen LogP contribution in [-0.2, 0) is 33.2 Å². The van der Waals surface area contributed by atoms with Crippen molar-refractivity contribution in [1.29, 1.82) is 0 Å². The highest BCUT2D eigenvalue weighted by molar-refractivity contribution is 7.86. The van der Waals surface area contributed by atoms with Gasteiger partial charge in [0.1, 0.15) is 0 Å². The van der Waals surface area contributed by atoms with Crippen LogP contribution in [0.5, 0.6) is 0 Å². The molecule has 0 radical (unpaired) electrons. The average molecular weight is 300 g/mol. The maximum absolute atomic E-state index is 11.0. The lowest BCUT2D eigenvalue weighted by molar-refractivity contribution is 0.000410. The zero-order valence-corrected chi connectivity index (χ0v) is 12.4. The van der Waals surface area contributed by atoms with Crippen LogP contribution in [0.25, 0.3) is 0 Å². The van der Waals surface area contributed by atoms with Gasteiger partial charge >= 0.3 is 0 Å². The van der Waals surface area contributed by atoms with Gasteiger partial charge in [-0.05, 0) is 6.92 Å². The van der Waals surface area contributed by atoms with Crippen molar-refractivity contribution in [2.24, 2.45) is 0 Å². The summed E-state index contributed by atoms with van der Waals surface area (Å²) in [5, 5.41) is 0. The Bertz CT molecular complexity index is 279. The molecule has 0 N–H and O–H groups in total. The Morgan fingerprint density at radius 1 is 0.737 bits per heavy atom. The van der Waals surface area contributed by atoms with E-state index in [0.29, 0.717) is 39.6 Å². The van der Waals surface area contributed by atoms with E-state index in [1.807, 2.05) is 0 Å². The zero-order chi connectivity index (χ0) is 14.4. The minimum atomic E-state index is -3.37. The van der Waals surface area contributed by atoms with Gasteiger partial charge in [-0.15, -0.1) is 0 Å². The molecule has 0 saturated carbocycles. The van der Waals surface area contributed by atoms with E-state index in [9.17, 15) is 8.42 Å². The molecule has 0 heterocycles. The topological polar surface area (TPSA) is 80.3 Å². The molecule has 0 aromatic rings. The molecule has 0 unspecified atom stereocenters. The Morgan fingerprint density at radius 3 is 1.58 bits per heavy atom. The molecule has 7 nitrogen and oxygen atoms in total. The summed E-state index contributed by atoms with van der Waals surface area (Å²) in [7, 11) is -1.75. The van der Waals surface area contributed by atoms with Crippen LogP contribution in [0, 0.1) is 0 Å². The highest BCUT2D eigenvalue weighted by atomic mass is 32.2. The largest absolute Gasteiger partial charge is 0.382 e. The first-order valence-electron chi connectivity index (χ1n) is 6.21. The van der Waals surface area contributed by atoms with Crippen molar-refractivity contribution in [3.05, 3.63) is 0 Å². The highest BCUT2D eigenvalue weighted by Crippen LogP contribution is 1.91. The minimum Gasteiger partial charge on any atom is -0.382 e. The molecule has 0 atom stereocenters. The molecular formula is C11H24O7S. The van der Waals surface area contributed by atoms with Crippen molar-refractivity contribution in [3.8, 4) is 0 Å². The lowest BCUT2D eigenvalue weighted by Crippen LogP contribution is -2.15. The first-order chi connectivity index (χ1) is 9.12. The third kappa shape index (κ3) is 14.0. The van der Waals surface area contributed by atoms with Crippen LogP contribution in [0.1, 0.15) is 6.92 Å². The Morgan fingerprint density at radius 2 is 1.16 bits per heavy atom. The van der Waals surface area contributed by atoms with Crippen LogP contribution < -0.4 is 0 Å². The van der Waals surface area contributed by atoms with Gasteiger partial charge in [0.2, 0.25) is 0 Å². The Labute approximate surface area is 115 Å². The molecule has 19 heavy (non-hydrogen) atoms. The molecule has 8 heteroatoms. The molecule has 0 rings (SSSR count). The fourth-order valence-corrected chi connectivity index (χ4v) is 1.48. The van der Waals surface area contributed by atoms with Crippen LogP contribution in [0.4, 0.5) is 0 Å². The summed E-state index contributed by atoms with van der Waals surface area (Å²) in [6, 6.07) is 0. The van der Waals surface area contributed by atoms with Crippen LogP contribution in [0.15, 0.2) is 0 Å². The minimum absolute atomic E-state index is 0.0286. The highest BCUT2D eigenvalue weighted by Gasteiger charge is 2.05. The van der Waals surface area contributed by atoms with Crippen LogP contribution in [0.3, 0.4) is 0 Å². The fraction of sp³-hybridized carbons (Fsp3) is 1.00. The predicted molar refractivity (Wildman–Crippen MR) is 69.7 cm³/mol. The normalized spacial score (nSPS) is 11.9. The molecule has 0 fully saturated rings. The summed E-state index contributed by atoms with van der Waals surface area (Å²) in [5.41, 5.74) is 0. The van der Waals surface area contributed by atoms with E-state index in [1.54, 1.807) is 7.11 Å². The molecule has 0 amide bonds. The summed E-state index contributed by atoms with van der Waals surface area (Å²) in [6.07, 6.45) is 0. The summed E-state index contributed by atoms with van der Waals surface area (Å²) in [4.78, 5) is 0.